The van der Waals surface area contributed by atoms with Gasteiger partial charge in [0.15, 0.2) is 0 Å². The van der Waals surface area contributed by atoms with E-state index in [0.717, 1.165) is 35.7 Å². The van der Waals surface area contributed by atoms with Crippen molar-refractivity contribution in [2.45, 2.75) is 18.4 Å². The molecular weight excluding hydrogens is 406 g/mol. The summed E-state index contributed by atoms with van der Waals surface area (Å²) in [6.45, 7) is 4.19. The van der Waals surface area contributed by atoms with Crippen molar-refractivity contribution in [2.24, 2.45) is 0 Å². The number of aromatic nitrogens is 4. The van der Waals surface area contributed by atoms with Gasteiger partial charge in [-0.25, -0.2) is 15.0 Å². The molecule has 0 spiro atoms. The van der Waals surface area contributed by atoms with E-state index in [2.05, 4.69) is 19.8 Å². The molecule has 2 fully saturated rings. The first-order chi connectivity index (χ1) is 15.6. The molecule has 1 aromatic carbocycles. The highest BCUT2D eigenvalue weighted by molar-refractivity contribution is 5.64. The van der Waals surface area contributed by atoms with E-state index in [9.17, 15) is 5.11 Å². The maximum absolute atomic E-state index is 11.2. The zero-order chi connectivity index (χ0) is 22.0. The largest absolute Gasteiger partial charge is 0.385 e. The Hall–Kier alpha value is -3.30. The molecule has 0 bridgehead atoms. The minimum atomic E-state index is -0.814. The second-order valence-electron chi connectivity index (χ2n) is 8.23. The molecular formula is C23H27N7O2. The van der Waals surface area contributed by atoms with Crippen molar-refractivity contribution in [1.29, 1.82) is 0 Å². The summed E-state index contributed by atoms with van der Waals surface area (Å²) in [6.07, 6.45) is 4.63. The Morgan fingerprint density at radius 1 is 0.906 bits per heavy atom. The average Bonchev–Trinajstić information content (AvgIpc) is 2.86. The summed E-state index contributed by atoms with van der Waals surface area (Å²) in [6, 6.07) is 11.9. The number of nitrogen functional groups attached to an aromatic ring is 1. The van der Waals surface area contributed by atoms with Crippen LogP contribution in [-0.2, 0) is 10.3 Å². The highest BCUT2D eigenvalue weighted by Gasteiger charge is 2.34. The van der Waals surface area contributed by atoms with E-state index >= 15 is 0 Å². The van der Waals surface area contributed by atoms with E-state index in [-0.39, 0.29) is 5.95 Å². The lowest BCUT2D eigenvalue weighted by molar-refractivity contribution is 0.0116. The molecule has 0 saturated carbocycles. The first kappa shape index (κ1) is 20.6. The van der Waals surface area contributed by atoms with Crippen molar-refractivity contribution in [3.8, 4) is 11.3 Å². The van der Waals surface area contributed by atoms with Crippen molar-refractivity contribution < 1.29 is 9.84 Å². The van der Waals surface area contributed by atoms with E-state index in [1.165, 1.54) is 0 Å². The Kier molecular flexibility index (Phi) is 5.59. The van der Waals surface area contributed by atoms with Crippen molar-refractivity contribution in [2.75, 3.05) is 54.9 Å². The van der Waals surface area contributed by atoms with Crippen LogP contribution in [0.2, 0.25) is 0 Å². The Labute approximate surface area is 186 Å². The lowest BCUT2D eigenvalue weighted by Crippen LogP contribution is -2.43. The second kappa shape index (κ2) is 8.68. The summed E-state index contributed by atoms with van der Waals surface area (Å²) < 4.78 is 5.49. The number of morpholine rings is 1. The quantitative estimate of drug-likeness (QED) is 0.636. The summed E-state index contributed by atoms with van der Waals surface area (Å²) in [5.41, 5.74) is 7.35. The predicted molar refractivity (Wildman–Crippen MR) is 122 cm³/mol. The number of anilines is 3. The maximum Gasteiger partial charge on any atom is 0.228 e. The zero-order valence-corrected chi connectivity index (χ0v) is 17.9. The summed E-state index contributed by atoms with van der Waals surface area (Å²) >= 11 is 0. The fourth-order valence-corrected chi connectivity index (χ4v) is 4.25. The van der Waals surface area contributed by atoms with E-state index in [4.69, 9.17) is 20.4 Å². The van der Waals surface area contributed by atoms with Crippen LogP contribution in [0.25, 0.3) is 11.3 Å². The van der Waals surface area contributed by atoms with E-state index in [0.29, 0.717) is 45.1 Å². The minimum absolute atomic E-state index is 0.229. The Balaban J connectivity index is 1.44. The SMILES string of the molecule is Nc1ncc(-c2cc(N3CCC(O)(c4ccccc4)CC3)nc(N3CCOCC3)n2)cn1. The molecule has 2 aliphatic rings. The van der Waals surface area contributed by atoms with Gasteiger partial charge in [-0.3, -0.25) is 0 Å². The number of hydrogen-bond acceptors (Lipinski definition) is 9. The summed E-state index contributed by atoms with van der Waals surface area (Å²) in [7, 11) is 0. The standard InChI is InChI=1S/C23H27N7O2/c24-21-25-15-17(16-26-21)19-14-20(28-22(27-19)30-10-12-32-13-11-30)29-8-6-23(31,7-9-29)18-4-2-1-3-5-18/h1-5,14-16,31H,6-13H2,(H2,24,25,26). The van der Waals surface area contributed by atoms with Gasteiger partial charge in [-0.1, -0.05) is 30.3 Å². The monoisotopic (exact) mass is 433 g/mol. The van der Waals surface area contributed by atoms with Gasteiger partial charge >= 0.3 is 0 Å². The van der Waals surface area contributed by atoms with Crippen LogP contribution in [0.5, 0.6) is 0 Å². The molecule has 0 amide bonds. The minimum Gasteiger partial charge on any atom is -0.385 e. The molecule has 0 aliphatic carbocycles. The topological polar surface area (TPSA) is 114 Å². The second-order valence-corrected chi connectivity index (χ2v) is 8.23. The fraction of sp³-hybridized carbons (Fsp3) is 0.391. The van der Waals surface area contributed by atoms with Gasteiger partial charge < -0.3 is 25.4 Å². The molecule has 3 N–H and O–H groups in total. The lowest BCUT2D eigenvalue weighted by Gasteiger charge is -2.39. The fourth-order valence-electron chi connectivity index (χ4n) is 4.25. The van der Waals surface area contributed by atoms with Crippen molar-refractivity contribution >= 4 is 17.7 Å². The van der Waals surface area contributed by atoms with E-state index in [1.807, 2.05) is 36.4 Å². The number of aliphatic hydroxyl groups is 1. The van der Waals surface area contributed by atoms with Gasteiger partial charge in [-0.2, -0.15) is 4.98 Å². The summed E-state index contributed by atoms with van der Waals surface area (Å²) in [5, 5.41) is 11.2. The van der Waals surface area contributed by atoms with Crippen LogP contribution in [0, 0.1) is 0 Å². The first-order valence-corrected chi connectivity index (χ1v) is 10.9. The smallest absolute Gasteiger partial charge is 0.228 e. The molecule has 5 rings (SSSR count). The van der Waals surface area contributed by atoms with Crippen LogP contribution < -0.4 is 15.5 Å². The molecule has 2 aromatic heterocycles. The van der Waals surface area contributed by atoms with Gasteiger partial charge in [0.1, 0.15) is 5.82 Å². The van der Waals surface area contributed by atoms with Gasteiger partial charge in [0.2, 0.25) is 11.9 Å². The van der Waals surface area contributed by atoms with Crippen LogP contribution >= 0.6 is 0 Å². The van der Waals surface area contributed by atoms with Gasteiger partial charge in [-0.05, 0) is 18.4 Å². The third kappa shape index (κ3) is 4.21. The number of hydrogen-bond donors (Lipinski definition) is 2. The van der Waals surface area contributed by atoms with Crippen molar-refractivity contribution in [3.05, 3.63) is 54.4 Å². The number of benzene rings is 1. The highest BCUT2D eigenvalue weighted by Crippen LogP contribution is 2.35. The number of piperidine rings is 1. The number of nitrogens with two attached hydrogens (primary N) is 1. The third-order valence-electron chi connectivity index (χ3n) is 6.19. The molecule has 4 heterocycles. The van der Waals surface area contributed by atoms with Gasteiger partial charge in [0.25, 0.3) is 0 Å². The van der Waals surface area contributed by atoms with E-state index in [1.54, 1.807) is 12.4 Å². The number of nitrogens with zero attached hydrogens (tertiary/aromatic N) is 6. The number of ether oxygens (including phenoxy) is 1. The molecule has 0 unspecified atom stereocenters. The van der Waals surface area contributed by atoms with Crippen LogP contribution in [0.1, 0.15) is 18.4 Å². The third-order valence-corrected chi connectivity index (χ3v) is 6.19. The average molecular weight is 434 g/mol. The van der Waals surface area contributed by atoms with Crippen LogP contribution in [0.3, 0.4) is 0 Å². The molecule has 32 heavy (non-hydrogen) atoms. The normalized spacial score (nSPS) is 18.5. The Bertz CT molecular complexity index is 1050. The maximum atomic E-state index is 11.2. The highest BCUT2D eigenvalue weighted by atomic mass is 16.5. The Morgan fingerprint density at radius 3 is 2.28 bits per heavy atom. The van der Waals surface area contributed by atoms with Crippen LogP contribution in [0.15, 0.2) is 48.8 Å². The van der Waals surface area contributed by atoms with Crippen molar-refractivity contribution in [3.63, 3.8) is 0 Å². The molecule has 9 heteroatoms. The van der Waals surface area contributed by atoms with E-state index < -0.39 is 5.60 Å². The van der Waals surface area contributed by atoms with Gasteiger partial charge in [-0.15, -0.1) is 0 Å². The molecule has 2 aliphatic heterocycles. The summed E-state index contributed by atoms with van der Waals surface area (Å²) in [5.74, 6) is 1.73. The van der Waals surface area contributed by atoms with Crippen LogP contribution in [0.4, 0.5) is 17.7 Å². The molecule has 166 valence electrons. The molecule has 0 atom stereocenters. The zero-order valence-electron chi connectivity index (χ0n) is 17.9. The summed E-state index contributed by atoms with van der Waals surface area (Å²) in [4.78, 5) is 22.3. The Morgan fingerprint density at radius 2 is 1.59 bits per heavy atom. The van der Waals surface area contributed by atoms with Gasteiger partial charge in [0.05, 0.1) is 24.5 Å². The lowest BCUT2D eigenvalue weighted by atomic mass is 9.84. The molecule has 9 nitrogen and oxygen atoms in total. The predicted octanol–water partition coefficient (Wildman–Crippen LogP) is 1.84. The molecule has 3 aromatic rings. The van der Waals surface area contributed by atoms with Gasteiger partial charge in [0, 0.05) is 50.2 Å². The molecule has 0 radical (unpaired) electrons. The number of rotatable bonds is 4. The first-order valence-electron chi connectivity index (χ1n) is 10.9. The molecule has 2 saturated heterocycles. The van der Waals surface area contributed by atoms with Crippen molar-refractivity contribution in [1.82, 2.24) is 19.9 Å². The van der Waals surface area contributed by atoms with Crippen LogP contribution in [-0.4, -0.2) is 64.4 Å².